The minimum atomic E-state index is -3.36. The van der Waals surface area contributed by atoms with Gasteiger partial charge in [-0.25, -0.2) is 13.1 Å². The zero-order valence-electron chi connectivity index (χ0n) is 9.03. The van der Waals surface area contributed by atoms with Crippen LogP contribution in [0.4, 0.5) is 0 Å². The molecular weight excluding hydrogens is 346 g/mol. The van der Waals surface area contributed by atoms with Crippen molar-refractivity contribution in [1.82, 2.24) is 4.72 Å². The average molecular weight is 359 g/mol. The Morgan fingerprint density at radius 2 is 1.94 bits per heavy atom. The lowest BCUT2D eigenvalue weighted by Crippen LogP contribution is -2.37. The highest BCUT2D eigenvalue weighted by Crippen LogP contribution is 2.28. The Morgan fingerprint density at radius 3 is 2.47 bits per heavy atom. The third kappa shape index (κ3) is 3.67. The molecule has 7 heteroatoms. The van der Waals surface area contributed by atoms with Gasteiger partial charge in [-0.05, 0) is 53.7 Å². The first-order valence-electron chi connectivity index (χ1n) is 5.39. The number of hydrogen-bond acceptors (Lipinski definition) is 3. The van der Waals surface area contributed by atoms with Gasteiger partial charge in [0.25, 0.3) is 0 Å². The highest BCUT2D eigenvalue weighted by Gasteiger charge is 2.25. The number of sulfonamides is 1. The lowest BCUT2D eigenvalue weighted by molar-refractivity contribution is 0.417. The van der Waals surface area contributed by atoms with Crippen molar-refractivity contribution in [2.24, 2.45) is 0 Å². The molecule has 1 aromatic heterocycles. The van der Waals surface area contributed by atoms with Crippen molar-refractivity contribution in [1.29, 1.82) is 0 Å². The highest BCUT2D eigenvalue weighted by atomic mass is 79.9. The molecule has 0 radical (unpaired) electrons. The van der Waals surface area contributed by atoms with E-state index in [4.69, 9.17) is 11.6 Å². The SMILES string of the molecule is O=S(=O)(NC1CCC(Cl)CC1)c1ccc(Br)s1. The normalized spacial score (nSPS) is 26.0. The number of alkyl halides is 1. The monoisotopic (exact) mass is 357 g/mol. The third-order valence-corrected chi connectivity index (χ3v) is 6.86. The maximum atomic E-state index is 12.0. The first-order valence-corrected chi connectivity index (χ1v) is 8.92. The molecule has 1 aliphatic rings. The molecule has 0 saturated heterocycles. The van der Waals surface area contributed by atoms with Gasteiger partial charge in [0.2, 0.25) is 10.0 Å². The molecule has 96 valence electrons. The second-order valence-corrected chi connectivity index (χ2v) is 9.15. The van der Waals surface area contributed by atoms with Gasteiger partial charge < -0.3 is 0 Å². The zero-order chi connectivity index (χ0) is 12.5. The fraction of sp³-hybridized carbons (Fsp3) is 0.600. The van der Waals surface area contributed by atoms with E-state index in [9.17, 15) is 8.42 Å². The fourth-order valence-corrected chi connectivity index (χ4v) is 5.47. The van der Waals surface area contributed by atoms with E-state index in [1.807, 2.05) is 0 Å². The van der Waals surface area contributed by atoms with E-state index in [-0.39, 0.29) is 11.4 Å². The Kier molecular flexibility index (Phi) is 4.52. The number of rotatable bonds is 3. The van der Waals surface area contributed by atoms with Gasteiger partial charge in [0.1, 0.15) is 4.21 Å². The molecular formula is C10H13BrClNO2S2. The van der Waals surface area contributed by atoms with Gasteiger partial charge in [0.05, 0.1) is 3.79 Å². The second kappa shape index (κ2) is 5.57. The van der Waals surface area contributed by atoms with Crippen molar-refractivity contribution in [3.8, 4) is 0 Å². The van der Waals surface area contributed by atoms with Crippen LogP contribution in [0.5, 0.6) is 0 Å². The first kappa shape index (κ1) is 13.8. The van der Waals surface area contributed by atoms with Crippen molar-refractivity contribution >= 4 is 48.9 Å². The van der Waals surface area contributed by atoms with Gasteiger partial charge in [-0.1, -0.05) is 0 Å². The quantitative estimate of drug-likeness (QED) is 0.842. The van der Waals surface area contributed by atoms with E-state index in [1.165, 1.54) is 11.3 Å². The Hall–Kier alpha value is 0.380. The zero-order valence-corrected chi connectivity index (χ0v) is 13.0. The Labute approximate surface area is 119 Å². The fourth-order valence-electron chi connectivity index (χ4n) is 1.89. The minimum absolute atomic E-state index is 0.0240. The molecule has 2 rings (SSSR count). The van der Waals surface area contributed by atoms with Crippen LogP contribution in [-0.4, -0.2) is 19.8 Å². The summed E-state index contributed by atoms with van der Waals surface area (Å²) in [5.41, 5.74) is 0. The molecule has 0 aromatic carbocycles. The number of thiophene rings is 1. The van der Waals surface area contributed by atoms with Crippen molar-refractivity contribution in [2.45, 2.75) is 41.3 Å². The summed E-state index contributed by atoms with van der Waals surface area (Å²) in [6.45, 7) is 0. The maximum Gasteiger partial charge on any atom is 0.250 e. The lowest BCUT2D eigenvalue weighted by atomic mass is 9.96. The molecule has 1 aliphatic carbocycles. The van der Waals surface area contributed by atoms with Crippen molar-refractivity contribution < 1.29 is 8.42 Å². The standard InChI is InChI=1S/C10H13BrClNO2S2/c11-9-5-6-10(16-9)17(14,15)13-8-3-1-7(12)2-4-8/h5-8,13H,1-4H2. The molecule has 0 atom stereocenters. The molecule has 1 saturated carbocycles. The maximum absolute atomic E-state index is 12.0. The summed E-state index contributed by atoms with van der Waals surface area (Å²) in [6.07, 6.45) is 3.39. The summed E-state index contributed by atoms with van der Waals surface area (Å²) in [6, 6.07) is 3.38. The molecule has 0 unspecified atom stereocenters. The smallest absolute Gasteiger partial charge is 0.207 e. The number of halogens is 2. The molecule has 1 N–H and O–H groups in total. The van der Waals surface area contributed by atoms with Crippen molar-refractivity contribution in [3.63, 3.8) is 0 Å². The van der Waals surface area contributed by atoms with Crippen molar-refractivity contribution in [2.75, 3.05) is 0 Å². The molecule has 0 bridgehead atoms. The van der Waals surface area contributed by atoms with Crippen LogP contribution in [0.3, 0.4) is 0 Å². The van der Waals surface area contributed by atoms with E-state index in [2.05, 4.69) is 20.7 Å². The van der Waals surface area contributed by atoms with Crippen LogP contribution in [0.1, 0.15) is 25.7 Å². The number of hydrogen-bond donors (Lipinski definition) is 1. The minimum Gasteiger partial charge on any atom is -0.207 e. The van der Waals surface area contributed by atoms with Crippen LogP contribution in [0.25, 0.3) is 0 Å². The van der Waals surface area contributed by atoms with Gasteiger partial charge >= 0.3 is 0 Å². The van der Waals surface area contributed by atoms with E-state index < -0.39 is 10.0 Å². The van der Waals surface area contributed by atoms with E-state index in [0.29, 0.717) is 4.21 Å². The molecule has 0 spiro atoms. The predicted octanol–water partition coefficient (Wildman–Crippen LogP) is 3.34. The van der Waals surface area contributed by atoms with E-state index in [1.54, 1.807) is 12.1 Å². The summed E-state index contributed by atoms with van der Waals surface area (Å²) in [4.78, 5) is 0. The van der Waals surface area contributed by atoms with Crippen LogP contribution in [0.2, 0.25) is 0 Å². The summed E-state index contributed by atoms with van der Waals surface area (Å²) in [7, 11) is -3.36. The summed E-state index contributed by atoms with van der Waals surface area (Å²) >= 11 is 10.5. The molecule has 0 aliphatic heterocycles. The van der Waals surface area contributed by atoms with Crippen LogP contribution in [0.15, 0.2) is 20.1 Å². The largest absolute Gasteiger partial charge is 0.250 e. The summed E-state index contributed by atoms with van der Waals surface area (Å²) in [5, 5.41) is 0.201. The summed E-state index contributed by atoms with van der Waals surface area (Å²) < 4.78 is 28.0. The molecule has 3 nitrogen and oxygen atoms in total. The van der Waals surface area contributed by atoms with Gasteiger partial charge in [-0.3, -0.25) is 0 Å². The predicted molar refractivity (Wildman–Crippen MR) is 74.2 cm³/mol. The molecule has 0 amide bonds. The van der Waals surface area contributed by atoms with Crippen LogP contribution < -0.4 is 4.72 Å². The third-order valence-electron chi connectivity index (χ3n) is 2.79. The van der Waals surface area contributed by atoms with Crippen LogP contribution >= 0.6 is 38.9 Å². The second-order valence-electron chi connectivity index (χ2n) is 4.13. The summed E-state index contributed by atoms with van der Waals surface area (Å²) in [5.74, 6) is 0. The van der Waals surface area contributed by atoms with Gasteiger partial charge in [-0.2, -0.15) is 0 Å². The highest BCUT2D eigenvalue weighted by molar-refractivity contribution is 9.11. The Morgan fingerprint density at radius 1 is 1.29 bits per heavy atom. The van der Waals surface area contributed by atoms with E-state index in [0.717, 1.165) is 29.5 Å². The first-order chi connectivity index (χ1) is 7.97. The lowest BCUT2D eigenvalue weighted by Gasteiger charge is -2.25. The van der Waals surface area contributed by atoms with Gasteiger partial charge in [0, 0.05) is 11.4 Å². The van der Waals surface area contributed by atoms with Gasteiger partial charge in [0.15, 0.2) is 0 Å². The van der Waals surface area contributed by atoms with Crippen molar-refractivity contribution in [3.05, 3.63) is 15.9 Å². The Bertz CT molecular complexity index is 480. The molecule has 1 heterocycles. The molecule has 17 heavy (non-hydrogen) atoms. The Balaban J connectivity index is 2.03. The topological polar surface area (TPSA) is 46.2 Å². The molecule has 1 aromatic rings. The number of nitrogens with one attached hydrogen (secondary N) is 1. The average Bonchev–Trinajstić information content (AvgIpc) is 2.69. The van der Waals surface area contributed by atoms with E-state index >= 15 is 0 Å². The van der Waals surface area contributed by atoms with Crippen LogP contribution in [-0.2, 0) is 10.0 Å². The van der Waals surface area contributed by atoms with Crippen LogP contribution in [0, 0.1) is 0 Å². The van der Waals surface area contributed by atoms with Gasteiger partial charge in [-0.15, -0.1) is 22.9 Å². The molecule has 1 fully saturated rings.